The summed E-state index contributed by atoms with van der Waals surface area (Å²) >= 11 is 0. The van der Waals surface area contributed by atoms with Crippen LogP contribution >= 0.6 is 0 Å². The van der Waals surface area contributed by atoms with Gasteiger partial charge in [0.05, 0.1) is 33.3 Å². The molecule has 0 unspecified atom stereocenters. The van der Waals surface area contributed by atoms with E-state index in [0.717, 1.165) is 38.9 Å². The highest BCUT2D eigenvalue weighted by atomic mass is 15.2. The van der Waals surface area contributed by atoms with Gasteiger partial charge in [0.2, 0.25) is 5.95 Å². The number of rotatable bonds is 3. The first kappa shape index (κ1) is 32.5. The fourth-order valence-corrected chi connectivity index (χ4v) is 10.5. The minimum Gasteiger partial charge on any atom is -0.309 e. The maximum absolute atomic E-state index is 5.67. The van der Waals surface area contributed by atoms with Crippen molar-refractivity contribution in [2.75, 3.05) is 0 Å². The number of hydrogen-bond donors (Lipinski definition) is 0. The van der Waals surface area contributed by atoms with Crippen molar-refractivity contribution in [2.24, 2.45) is 0 Å². The number of hydrogen-bond acceptors (Lipinski definition) is 2. The standard InChI is InChI=1S/C55H36N4/c1-55(2)45-23-10-7-18-38(45)40-21-13-22-43(52(40)55)53-41-20-8-11-24-46(41)56-54(57-53)59-48-29-26-33-14-5-6-17-37(33)51(48)42-28-27-36(32-50(42)59)58-47-25-12-9-19-39(47)44-30-34-15-3-4-16-35(34)31-49(44)58/h3-32H,1-2H3. The zero-order chi connectivity index (χ0) is 39.0. The molecule has 3 heterocycles. The van der Waals surface area contributed by atoms with E-state index in [9.17, 15) is 0 Å². The summed E-state index contributed by atoms with van der Waals surface area (Å²) < 4.78 is 4.74. The number of benzene rings is 9. The van der Waals surface area contributed by atoms with Crippen LogP contribution in [0.2, 0.25) is 0 Å². The molecule has 0 atom stereocenters. The van der Waals surface area contributed by atoms with Crippen LogP contribution in [0.4, 0.5) is 0 Å². The highest BCUT2D eigenvalue weighted by Gasteiger charge is 2.38. The summed E-state index contributed by atoms with van der Waals surface area (Å²) in [4.78, 5) is 11.1. The Bertz CT molecular complexity index is 3770. The van der Waals surface area contributed by atoms with E-state index in [1.54, 1.807) is 0 Å². The van der Waals surface area contributed by atoms with Crippen LogP contribution in [0.1, 0.15) is 25.0 Å². The van der Waals surface area contributed by atoms with Gasteiger partial charge in [-0.3, -0.25) is 4.57 Å². The topological polar surface area (TPSA) is 35.6 Å². The lowest BCUT2D eigenvalue weighted by Crippen LogP contribution is -2.16. The molecule has 4 nitrogen and oxygen atoms in total. The van der Waals surface area contributed by atoms with E-state index >= 15 is 0 Å². The molecule has 0 N–H and O–H groups in total. The Balaban J connectivity index is 1.13. The second-order valence-corrected chi connectivity index (χ2v) is 16.6. The monoisotopic (exact) mass is 752 g/mol. The highest BCUT2D eigenvalue weighted by molar-refractivity contribution is 6.22. The molecule has 0 bridgehead atoms. The Labute approximate surface area is 340 Å². The van der Waals surface area contributed by atoms with Gasteiger partial charge in [-0.2, -0.15) is 0 Å². The molecule has 13 rings (SSSR count). The molecular weight excluding hydrogens is 717 g/mol. The van der Waals surface area contributed by atoms with Gasteiger partial charge in [0, 0.05) is 43.6 Å². The van der Waals surface area contributed by atoms with Crippen LogP contribution in [0.15, 0.2) is 182 Å². The average molecular weight is 753 g/mol. The molecule has 1 aliphatic rings. The number of para-hydroxylation sites is 2. The van der Waals surface area contributed by atoms with Crippen LogP contribution in [0.5, 0.6) is 0 Å². The fraction of sp³-hybridized carbons (Fsp3) is 0.0545. The molecule has 0 aliphatic heterocycles. The third-order valence-corrected chi connectivity index (χ3v) is 13.1. The average Bonchev–Trinajstić information content (AvgIpc) is 3.87. The van der Waals surface area contributed by atoms with Crippen LogP contribution in [0, 0.1) is 0 Å². The first-order valence-electron chi connectivity index (χ1n) is 20.4. The number of aromatic nitrogens is 4. The van der Waals surface area contributed by atoms with Crippen molar-refractivity contribution in [1.82, 2.24) is 19.1 Å². The smallest absolute Gasteiger partial charge is 0.235 e. The molecule has 59 heavy (non-hydrogen) atoms. The second kappa shape index (κ2) is 11.7. The third-order valence-electron chi connectivity index (χ3n) is 13.1. The van der Waals surface area contributed by atoms with Gasteiger partial charge >= 0.3 is 0 Å². The van der Waals surface area contributed by atoms with Crippen LogP contribution in [0.25, 0.3) is 110 Å². The molecule has 0 saturated heterocycles. The van der Waals surface area contributed by atoms with Gasteiger partial charge < -0.3 is 4.57 Å². The zero-order valence-electron chi connectivity index (χ0n) is 32.6. The summed E-state index contributed by atoms with van der Waals surface area (Å²) in [5.74, 6) is 0.658. The van der Waals surface area contributed by atoms with Crippen molar-refractivity contribution in [3.63, 3.8) is 0 Å². The molecule has 1 aliphatic carbocycles. The van der Waals surface area contributed by atoms with E-state index < -0.39 is 0 Å². The van der Waals surface area contributed by atoms with Gasteiger partial charge in [-0.15, -0.1) is 0 Å². The largest absolute Gasteiger partial charge is 0.309 e. The van der Waals surface area contributed by atoms with Crippen molar-refractivity contribution in [2.45, 2.75) is 19.3 Å². The molecule has 0 radical (unpaired) electrons. The molecule has 0 spiro atoms. The van der Waals surface area contributed by atoms with E-state index in [4.69, 9.17) is 9.97 Å². The summed E-state index contributed by atoms with van der Waals surface area (Å²) in [6, 6.07) is 66.3. The van der Waals surface area contributed by atoms with E-state index in [1.165, 1.54) is 76.4 Å². The quantitative estimate of drug-likeness (QED) is 0.180. The van der Waals surface area contributed by atoms with Gasteiger partial charge in [0.15, 0.2) is 0 Å². The maximum Gasteiger partial charge on any atom is 0.235 e. The normalized spacial score (nSPS) is 13.4. The van der Waals surface area contributed by atoms with Crippen LogP contribution in [0.3, 0.4) is 0 Å². The van der Waals surface area contributed by atoms with Gasteiger partial charge in [-0.05, 0) is 86.3 Å². The molecule has 276 valence electrons. The van der Waals surface area contributed by atoms with Gasteiger partial charge in [0.1, 0.15) is 0 Å². The molecular formula is C55H36N4. The predicted molar refractivity (Wildman–Crippen MR) is 246 cm³/mol. The molecule has 4 heteroatoms. The second-order valence-electron chi connectivity index (χ2n) is 16.6. The number of nitrogens with zero attached hydrogens (tertiary/aromatic N) is 4. The van der Waals surface area contributed by atoms with E-state index in [0.29, 0.717) is 5.95 Å². The van der Waals surface area contributed by atoms with Gasteiger partial charge in [-0.1, -0.05) is 153 Å². The highest BCUT2D eigenvalue weighted by Crippen LogP contribution is 2.52. The van der Waals surface area contributed by atoms with Crippen LogP contribution < -0.4 is 0 Å². The summed E-state index contributed by atoms with van der Waals surface area (Å²) in [5.41, 5.74) is 13.6. The predicted octanol–water partition coefficient (Wildman–Crippen LogP) is 14.1. The van der Waals surface area contributed by atoms with E-state index in [2.05, 4.69) is 205 Å². The third kappa shape index (κ3) is 4.43. The first-order chi connectivity index (χ1) is 29.0. The number of fused-ring (bicyclic) bond motifs is 13. The zero-order valence-corrected chi connectivity index (χ0v) is 32.6. The Morgan fingerprint density at radius 3 is 1.97 bits per heavy atom. The van der Waals surface area contributed by atoms with Crippen molar-refractivity contribution >= 4 is 76.1 Å². The minimum atomic E-state index is -0.205. The minimum absolute atomic E-state index is 0.205. The Morgan fingerprint density at radius 1 is 0.407 bits per heavy atom. The molecule has 9 aromatic carbocycles. The first-order valence-corrected chi connectivity index (χ1v) is 20.4. The summed E-state index contributed by atoms with van der Waals surface area (Å²) in [7, 11) is 0. The van der Waals surface area contributed by atoms with Crippen LogP contribution in [-0.2, 0) is 5.41 Å². The van der Waals surface area contributed by atoms with E-state index in [-0.39, 0.29) is 5.41 Å². The SMILES string of the molecule is CC1(C)c2ccccc2-c2cccc(-c3nc(-n4c5cc(-n6c7ccccc7c7cc8ccccc8cc76)ccc5c5c6ccccc6ccc54)nc4ccccc34)c21. The Morgan fingerprint density at radius 2 is 1.08 bits per heavy atom. The van der Waals surface area contributed by atoms with Crippen molar-refractivity contribution < 1.29 is 0 Å². The summed E-state index contributed by atoms with van der Waals surface area (Å²) in [6.45, 7) is 4.70. The Kier molecular flexibility index (Phi) is 6.48. The summed E-state index contributed by atoms with van der Waals surface area (Å²) in [5, 5.41) is 10.8. The maximum atomic E-state index is 5.67. The van der Waals surface area contributed by atoms with E-state index in [1.807, 2.05) is 0 Å². The van der Waals surface area contributed by atoms with Gasteiger partial charge in [-0.25, -0.2) is 9.97 Å². The van der Waals surface area contributed by atoms with Gasteiger partial charge in [0.25, 0.3) is 0 Å². The molecule has 0 fully saturated rings. The lowest BCUT2D eigenvalue weighted by molar-refractivity contribution is 0.662. The molecule has 3 aromatic heterocycles. The van der Waals surface area contributed by atoms with Crippen LogP contribution in [-0.4, -0.2) is 19.1 Å². The summed E-state index contributed by atoms with van der Waals surface area (Å²) in [6.07, 6.45) is 0. The van der Waals surface area contributed by atoms with Crippen molar-refractivity contribution in [3.05, 3.63) is 193 Å². The lowest BCUT2D eigenvalue weighted by atomic mass is 9.79. The fourth-order valence-electron chi connectivity index (χ4n) is 10.5. The Hall–Kier alpha value is -7.56. The molecule has 12 aromatic rings. The molecule has 0 saturated carbocycles. The van der Waals surface area contributed by atoms with Crippen molar-refractivity contribution in [1.29, 1.82) is 0 Å². The van der Waals surface area contributed by atoms with Crippen molar-refractivity contribution in [3.8, 4) is 34.0 Å². The molecule has 0 amide bonds. The lowest BCUT2D eigenvalue weighted by Gasteiger charge is -2.24.